The molecule has 0 aromatic carbocycles. The summed E-state index contributed by atoms with van der Waals surface area (Å²) in [5.41, 5.74) is 0. The standard InChI is InChI=1S/C18H31Cl2NO4/c1-6-21(7-2)11-10-13(15-12(5)18(15,19)20)14(16(22)24-8-3)17(23)25-9-4/h12-15H,6-11H2,1-5H3. The van der Waals surface area contributed by atoms with E-state index in [2.05, 4.69) is 18.7 Å². The normalized spacial score (nSPS) is 22.8. The minimum absolute atomic E-state index is 0.0175. The van der Waals surface area contributed by atoms with Crippen LogP contribution >= 0.6 is 23.2 Å². The molecular weight excluding hydrogens is 365 g/mol. The minimum atomic E-state index is -0.984. The van der Waals surface area contributed by atoms with Gasteiger partial charge in [-0.3, -0.25) is 9.59 Å². The van der Waals surface area contributed by atoms with E-state index >= 15 is 0 Å². The molecule has 146 valence electrons. The molecule has 5 nitrogen and oxygen atoms in total. The maximum atomic E-state index is 12.5. The lowest BCUT2D eigenvalue weighted by molar-refractivity contribution is -0.165. The minimum Gasteiger partial charge on any atom is -0.465 e. The fraction of sp³-hybridized carbons (Fsp3) is 0.889. The van der Waals surface area contributed by atoms with Gasteiger partial charge in [0.2, 0.25) is 0 Å². The molecule has 1 saturated carbocycles. The van der Waals surface area contributed by atoms with E-state index in [1.54, 1.807) is 13.8 Å². The molecule has 0 saturated heterocycles. The first kappa shape index (κ1) is 22.5. The van der Waals surface area contributed by atoms with Gasteiger partial charge in [-0.1, -0.05) is 20.8 Å². The zero-order valence-corrected chi connectivity index (χ0v) is 17.4. The maximum absolute atomic E-state index is 12.5. The number of ether oxygens (including phenoxy) is 2. The van der Waals surface area contributed by atoms with Crippen molar-refractivity contribution in [2.24, 2.45) is 23.7 Å². The van der Waals surface area contributed by atoms with Crippen molar-refractivity contribution in [1.82, 2.24) is 4.90 Å². The van der Waals surface area contributed by atoms with Crippen molar-refractivity contribution in [1.29, 1.82) is 0 Å². The molecule has 0 aromatic rings. The van der Waals surface area contributed by atoms with E-state index in [9.17, 15) is 9.59 Å². The number of carbonyl (C=O) groups is 2. The van der Waals surface area contributed by atoms with E-state index in [0.717, 1.165) is 19.6 Å². The van der Waals surface area contributed by atoms with Crippen molar-refractivity contribution in [3.05, 3.63) is 0 Å². The lowest BCUT2D eigenvalue weighted by atomic mass is 9.84. The van der Waals surface area contributed by atoms with Crippen molar-refractivity contribution in [3.8, 4) is 0 Å². The maximum Gasteiger partial charge on any atom is 0.320 e. The van der Waals surface area contributed by atoms with E-state index < -0.39 is 22.2 Å². The SMILES string of the molecule is CCOC(=O)C(C(=O)OCC)C(CCN(CC)CC)C1C(C)C1(Cl)Cl. The molecule has 3 atom stereocenters. The molecule has 0 aromatic heterocycles. The van der Waals surface area contributed by atoms with Gasteiger partial charge in [-0.2, -0.15) is 0 Å². The summed E-state index contributed by atoms with van der Waals surface area (Å²) in [6, 6.07) is 0. The number of halogens is 2. The molecule has 25 heavy (non-hydrogen) atoms. The Balaban J connectivity index is 3.06. The molecule has 1 aliphatic carbocycles. The number of carbonyl (C=O) groups excluding carboxylic acids is 2. The Morgan fingerprint density at radius 2 is 1.48 bits per heavy atom. The Hall–Kier alpha value is -0.520. The summed E-state index contributed by atoms with van der Waals surface area (Å²) < 4.78 is 9.40. The van der Waals surface area contributed by atoms with Crippen LogP contribution in [-0.4, -0.2) is 54.0 Å². The molecule has 0 N–H and O–H groups in total. The molecule has 1 fully saturated rings. The van der Waals surface area contributed by atoms with Gasteiger partial charge >= 0.3 is 11.9 Å². The summed E-state index contributed by atoms with van der Waals surface area (Å²) in [5.74, 6) is -2.50. The highest BCUT2D eigenvalue weighted by molar-refractivity contribution is 6.51. The van der Waals surface area contributed by atoms with Gasteiger partial charge in [-0.15, -0.1) is 23.2 Å². The van der Waals surface area contributed by atoms with Crippen LogP contribution in [0, 0.1) is 23.7 Å². The number of hydrogen-bond acceptors (Lipinski definition) is 5. The van der Waals surface area contributed by atoms with Crippen LogP contribution in [-0.2, 0) is 19.1 Å². The summed E-state index contributed by atoms with van der Waals surface area (Å²) in [6.07, 6.45) is 0.639. The predicted molar refractivity (Wildman–Crippen MR) is 99.7 cm³/mol. The van der Waals surface area contributed by atoms with Gasteiger partial charge in [0.25, 0.3) is 0 Å². The smallest absolute Gasteiger partial charge is 0.320 e. The van der Waals surface area contributed by atoms with E-state index in [4.69, 9.17) is 32.7 Å². The molecule has 0 bridgehead atoms. The average molecular weight is 396 g/mol. The van der Waals surface area contributed by atoms with Gasteiger partial charge in [-0.25, -0.2) is 0 Å². The molecule has 0 amide bonds. The summed E-state index contributed by atoms with van der Waals surface area (Å²) >= 11 is 12.8. The first-order chi connectivity index (χ1) is 11.8. The molecular formula is C18H31Cl2NO4. The first-order valence-electron chi connectivity index (χ1n) is 9.19. The van der Waals surface area contributed by atoms with Crippen LogP contribution in [0.25, 0.3) is 0 Å². The van der Waals surface area contributed by atoms with Crippen LogP contribution in [0.2, 0.25) is 0 Å². The fourth-order valence-corrected chi connectivity index (χ4v) is 4.35. The third-order valence-corrected chi connectivity index (χ3v) is 6.32. The molecule has 0 radical (unpaired) electrons. The van der Waals surface area contributed by atoms with Crippen LogP contribution < -0.4 is 0 Å². The van der Waals surface area contributed by atoms with E-state index in [-0.39, 0.29) is 31.0 Å². The molecule has 0 heterocycles. The van der Waals surface area contributed by atoms with Crippen molar-refractivity contribution in [2.45, 2.75) is 45.4 Å². The number of esters is 2. The monoisotopic (exact) mass is 395 g/mol. The van der Waals surface area contributed by atoms with Crippen LogP contribution in [0.3, 0.4) is 0 Å². The summed E-state index contributed by atoms with van der Waals surface area (Å²) in [6.45, 7) is 12.5. The quantitative estimate of drug-likeness (QED) is 0.304. The third kappa shape index (κ3) is 5.48. The Labute approximate surface area is 161 Å². The lowest BCUT2D eigenvalue weighted by Gasteiger charge is -2.27. The number of rotatable bonds is 11. The Morgan fingerprint density at radius 3 is 1.80 bits per heavy atom. The van der Waals surface area contributed by atoms with E-state index in [1.165, 1.54) is 0 Å². The zero-order valence-electron chi connectivity index (χ0n) is 15.9. The van der Waals surface area contributed by atoms with Crippen molar-refractivity contribution in [3.63, 3.8) is 0 Å². The van der Waals surface area contributed by atoms with E-state index in [1.807, 2.05) is 6.92 Å². The number of hydrogen-bond donors (Lipinski definition) is 0. The molecule has 3 unspecified atom stereocenters. The van der Waals surface area contributed by atoms with Gasteiger partial charge in [0.15, 0.2) is 5.92 Å². The highest BCUT2D eigenvalue weighted by Crippen LogP contribution is 2.64. The van der Waals surface area contributed by atoms with Crippen LogP contribution in [0.15, 0.2) is 0 Å². The van der Waals surface area contributed by atoms with Gasteiger partial charge in [0, 0.05) is 5.92 Å². The average Bonchev–Trinajstić information content (AvgIpc) is 3.05. The zero-order chi connectivity index (χ0) is 19.2. The molecule has 7 heteroatoms. The van der Waals surface area contributed by atoms with Crippen LogP contribution in [0.4, 0.5) is 0 Å². The summed E-state index contributed by atoms with van der Waals surface area (Å²) in [4.78, 5) is 27.3. The highest BCUT2D eigenvalue weighted by Gasteiger charge is 2.65. The van der Waals surface area contributed by atoms with Gasteiger partial charge in [0.05, 0.1) is 13.2 Å². The van der Waals surface area contributed by atoms with Gasteiger partial charge in [-0.05, 0) is 51.7 Å². The van der Waals surface area contributed by atoms with Crippen LogP contribution in [0.1, 0.15) is 41.0 Å². The topological polar surface area (TPSA) is 55.8 Å². The predicted octanol–water partition coefficient (Wildman–Crippen LogP) is 3.52. The first-order valence-corrected chi connectivity index (χ1v) is 9.95. The lowest BCUT2D eigenvalue weighted by Crippen LogP contribution is -2.38. The Kier molecular flexibility index (Phi) is 8.99. The second kappa shape index (κ2) is 9.98. The summed E-state index contributed by atoms with van der Waals surface area (Å²) in [7, 11) is 0. The second-order valence-electron chi connectivity index (χ2n) is 6.45. The second-order valence-corrected chi connectivity index (χ2v) is 7.89. The van der Waals surface area contributed by atoms with Gasteiger partial charge in [0.1, 0.15) is 4.33 Å². The highest BCUT2D eigenvalue weighted by atomic mass is 35.5. The molecule has 0 aliphatic heterocycles. The van der Waals surface area contributed by atoms with Crippen molar-refractivity contribution >= 4 is 35.1 Å². The Bertz CT molecular complexity index is 436. The van der Waals surface area contributed by atoms with E-state index in [0.29, 0.717) is 6.42 Å². The van der Waals surface area contributed by atoms with Crippen LogP contribution in [0.5, 0.6) is 0 Å². The Morgan fingerprint density at radius 1 is 1.04 bits per heavy atom. The largest absolute Gasteiger partial charge is 0.465 e. The van der Waals surface area contributed by atoms with Gasteiger partial charge < -0.3 is 14.4 Å². The molecule has 1 aliphatic rings. The number of nitrogens with zero attached hydrogens (tertiary/aromatic N) is 1. The fourth-order valence-electron chi connectivity index (χ4n) is 3.50. The van der Waals surface area contributed by atoms with Crippen molar-refractivity contribution < 1.29 is 19.1 Å². The number of alkyl halides is 2. The summed E-state index contributed by atoms with van der Waals surface area (Å²) in [5, 5.41) is 0. The molecule has 0 spiro atoms. The van der Waals surface area contributed by atoms with Crippen molar-refractivity contribution in [2.75, 3.05) is 32.8 Å². The molecule has 1 rings (SSSR count). The third-order valence-electron chi connectivity index (χ3n) is 5.12.